The summed E-state index contributed by atoms with van der Waals surface area (Å²) in [5.41, 5.74) is 4.13. The van der Waals surface area contributed by atoms with Gasteiger partial charge in [-0.25, -0.2) is 4.98 Å². The Kier molecular flexibility index (Phi) is 6.68. The smallest absolute Gasteiger partial charge is 0.259 e. The molecule has 3 heterocycles. The first-order valence-corrected chi connectivity index (χ1v) is 12.0. The molecule has 0 aliphatic carbocycles. The van der Waals surface area contributed by atoms with Crippen LogP contribution in [-0.2, 0) is 24.2 Å². The Hall–Kier alpha value is -2.96. The van der Waals surface area contributed by atoms with Gasteiger partial charge in [0.2, 0.25) is 5.91 Å². The second kappa shape index (κ2) is 9.49. The van der Waals surface area contributed by atoms with E-state index in [9.17, 15) is 14.4 Å². The minimum Gasteiger partial charge on any atom is -0.354 e. The Balaban J connectivity index is 1.58. The van der Waals surface area contributed by atoms with Crippen LogP contribution in [0.5, 0.6) is 0 Å². The third-order valence-electron chi connectivity index (χ3n) is 6.52. The summed E-state index contributed by atoms with van der Waals surface area (Å²) in [6.07, 6.45) is 3.62. The monoisotopic (exact) mass is 450 g/mol. The zero-order chi connectivity index (χ0) is 23.7. The van der Waals surface area contributed by atoms with Crippen LogP contribution >= 0.6 is 0 Å². The summed E-state index contributed by atoms with van der Waals surface area (Å²) in [5, 5.41) is 3.00. The minimum atomic E-state index is -0.0966. The van der Waals surface area contributed by atoms with Gasteiger partial charge in [-0.15, -0.1) is 0 Å². The maximum absolute atomic E-state index is 13.6. The molecular weight excluding hydrogens is 416 g/mol. The highest BCUT2D eigenvalue weighted by Crippen LogP contribution is 2.25. The van der Waals surface area contributed by atoms with Crippen molar-refractivity contribution in [1.82, 2.24) is 19.8 Å². The minimum absolute atomic E-state index is 0.0151. The molecule has 0 unspecified atom stereocenters. The fourth-order valence-electron chi connectivity index (χ4n) is 5.04. The average molecular weight is 451 g/mol. The summed E-state index contributed by atoms with van der Waals surface area (Å²) in [6, 6.07) is 5.75. The van der Waals surface area contributed by atoms with Crippen LogP contribution in [0.2, 0.25) is 0 Å². The van der Waals surface area contributed by atoms with Gasteiger partial charge in [-0.1, -0.05) is 31.0 Å². The molecule has 0 spiro atoms. The topological polar surface area (TPSA) is 84.3 Å². The Labute approximate surface area is 195 Å². The highest BCUT2D eigenvalue weighted by Gasteiger charge is 2.30. The quantitative estimate of drug-likeness (QED) is 0.759. The van der Waals surface area contributed by atoms with Gasteiger partial charge in [-0.05, 0) is 44.7 Å². The van der Waals surface area contributed by atoms with Crippen LogP contribution in [0, 0.1) is 19.8 Å². The Bertz CT molecular complexity index is 1110. The largest absolute Gasteiger partial charge is 0.354 e. The predicted molar refractivity (Wildman–Crippen MR) is 127 cm³/mol. The van der Waals surface area contributed by atoms with E-state index in [0.29, 0.717) is 43.0 Å². The van der Waals surface area contributed by atoms with Gasteiger partial charge in [0.15, 0.2) is 0 Å². The number of amides is 2. The maximum Gasteiger partial charge on any atom is 0.259 e. The first-order valence-electron chi connectivity index (χ1n) is 12.0. The molecule has 0 fully saturated rings. The molecular formula is C26H34N4O3. The summed E-state index contributed by atoms with van der Waals surface area (Å²) in [6.45, 7) is 9.27. The van der Waals surface area contributed by atoms with E-state index in [2.05, 4.69) is 5.32 Å². The molecule has 1 aromatic carbocycles. The highest BCUT2D eigenvalue weighted by molar-refractivity contribution is 5.94. The average Bonchev–Trinajstić information content (AvgIpc) is 2.76. The van der Waals surface area contributed by atoms with Crippen molar-refractivity contribution in [2.24, 2.45) is 5.92 Å². The van der Waals surface area contributed by atoms with Gasteiger partial charge < -0.3 is 10.2 Å². The number of aromatic nitrogens is 2. The molecule has 1 N–H and O–H groups in total. The number of fused-ring (bicyclic) bond motifs is 2. The normalized spacial score (nSPS) is 17.5. The second-order valence-electron chi connectivity index (χ2n) is 9.93. The first kappa shape index (κ1) is 23.2. The lowest BCUT2D eigenvalue weighted by Gasteiger charge is -2.32. The molecule has 0 bridgehead atoms. The zero-order valence-corrected chi connectivity index (χ0v) is 20.1. The van der Waals surface area contributed by atoms with Gasteiger partial charge >= 0.3 is 0 Å². The SMILES string of the molecule is Cc1cc(C)cc(C(=O)N2CCc3nc4n(c(=O)c3C2)[C@@H](CNC(=O)CC(C)C)CCC4)c1. The van der Waals surface area contributed by atoms with E-state index < -0.39 is 0 Å². The van der Waals surface area contributed by atoms with Crippen molar-refractivity contribution in [2.45, 2.75) is 72.4 Å². The molecule has 7 nitrogen and oxygen atoms in total. The Morgan fingerprint density at radius 1 is 1.15 bits per heavy atom. The number of hydrogen-bond donors (Lipinski definition) is 1. The van der Waals surface area contributed by atoms with Crippen LogP contribution in [0.1, 0.15) is 77.7 Å². The molecule has 0 saturated heterocycles. The standard InChI is InChI=1S/C26H34N4O3/c1-16(2)10-24(31)27-14-20-6-5-7-23-28-22-8-9-29(15-21(22)26(33)30(20)23)25(32)19-12-17(3)11-18(4)13-19/h11-13,16,20H,5-10,14-15H2,1-4H3,(H,27,31)/t20-/m1/s1. The number of nitrogens with one attached hydrogen (secondary N) is 1. The molecule has 0 saturated carbocycles. The van der Waals surface area contributed by atoms with E-state index in [1.54, 1.807) is 9.47 Å². The van der Waals surface area contributed by atoms with Crippen LogP contribution in [0.15, 0.2) is 23.0 Å². The van der Waals surface area contributed by atoms with Crippen molar-refractivity contribution in [3.63, 3.8) is 0 Å². The van der Waals surface area contributed by atoms with Crippen molar-refractivity contribution in [2.75, 3.05) is 13.1 Å². The fraction of sp³-hybridized carbons (Fsp3) is 0.538. The molecule has 2 aliphatic heterocycles. The van der Waals surface area contributed by atoms with Gasteiger partial charge in [0.05, 0.1) is 23.8 Å². The molecule has 1 atom stereocenters. The van der Waals surface area contributed by atoms with Gasteiger partial charge in [0.1, 0.15) is 5.82 Å². The second-order valence-corrected chi connectivity index (χ2v) is 9.93. The number of carbonyl (C=O) groups excluding carboxylic acids is 2. The molecule has 2 aromatic rings. The van der Waals surface area contributed by atoms with Gasteiger partial charge in [-0.2, -0.15) is 0 Å². The summed E-state index contributed by atoms with van der Waals surface area (Å²) in [5.74, 6) is 1.07. The number of carbonyl (C=O) groups is 2. The van der Waals surface area contributed by atoms with Crippen molar-refractivity contribution in [3.05, 3.63) is 62.3 Å². The molecule has 2 aliphatic rings. The summed E-state index contributed by atoms with van der Waals surface area (Å²) in [7, 11) is 0. The fourth-order valence-corrected chi connectivity index (χ4v) is 5.04. The Morgan fingerprint density at radius 3 is 2.58 bits per heavy atom. The lowest BCUT2D eigenvalue weighted by molar-refractivity contribution is -0.121. The van der Waals surface area contributed by atoms with E-state index >= 15 is 0 Å². The summed E-state index contributed by atoms with van der Waals surface area (Å²) >= 11 is 0. The molecule has 176 valence electrons. The lowest BCUT2D eigenvalue weighted by atomic mass is 9.99. The maximum atomic E-state index is 13.6. The van der Waals surface area contributed by atoms with Crippen molar-refractivity contribution in [1.29, 1.82) is 0 Å². The van der Waals surface area contributed by atoms with Crippen LogP contribution in [-0.4, -0.2) is 39.4 Å². The molecule has 7 heteroatoms. The predicted octanol–water partition coefficient (Wildman–Crippen LogP) is 3.10. The number of hydrogen-bond acceptors (Lipinski definition) is 4. The number of nitrogens with zero attached hydrogens (tertiary/aromatic N) is 3. The summed E-state index contributed by atoms with van der Waals surface area (Å²) in [4.78, 5) is 45.5. The molecule has 33 heavy (non-hydrogen) atoms. The lowest BCUT2D eigenvalue weighted by Crippen LogP contribution is -2.45. The third kappa shape index (κ3) is 5.02. The van der Waals surface area contributed by atoms with Crippen LogP contribution in [0.3, 0.4) is 0 Å². The van der Waals surface area contributed by atoms with Crippen molar-refractivity contribution >= 4 is 11.8 Å². The van der Waals surface area contributed by atoms with Crippen molar-refractivity contribution < 1.29 is 9.59 Å². The molecule has 4 rings (SSSR count). The van der Waals surface area contributed by atoms with Crippen molar-refractivity contribution in [3.8, 4) is 0 Å². The number of benzene rings is 1. The van der Waals surface area contributed by atoms with Crippen LogP contribution in [0.4, 0.5) is 0 Å². The summed E-state index contributed by atoms with van der Waals surface area (Å²) < 4.78 is 1.78. The van der Waals surface area contributed by atoms with E-state index in [1.807, 2.05) is 45.9 Å². The number of aryl methyl sites for hydroxylation is 3. The van der Waals surface area contributed by atoms with Gasteiger partial charge in [0.25, 0.3) is 11.5 Å². The first-order chi connectivity index (χ1) is 15.7. The van der Waals surface area contributed by atoms with E-state index in [0.717, 1.165) is 41.9 Å². The Morgan fingerprint density at radius 2 is 1.88 bits per heavy atom. The highest BCUT2D eigenvalue weighted by atomic mass is 16.2. The zero-order valence-electron chi connectivity index (χ0n) is 20.1. The molecule has 1 aromatic heterocycles. The van der Waals surface area contributed by atoms with E-state index in [4.69, 9.17) is 4.98 Å². The van der Waals surface area contributed by atoms with Gasteiger partial charge in [-0.3, -0.25) is 19.0 Å². The number of rotatable bonds is 5. The van der Waals surface area contributed by atoms with Crippen LogP contribution in [0.25, 0.3) is 0 Å². The third-order valence-corrected chi connectivity index (χ3v) is 6.52. The van der Waals surface area contributed by atoms with E-state index in [-0.39, 0.29) is 30.0 Å². The molecule has 0 radical (unpaired) electrons. The van der Waals surface area contributed by atoms with Crippen LogP contribution < -0.4 is 10.9 Å². The van der Waals surface area contributed by atoms with E-state index in [1.165, 1.54) is 0 Å². The van der Waals surface area contributed by atoms with Gasteiger partial charge in [0, 0.05) is 37.9 Å². The molecule has 2 amide bonds.